The van der Waals surface area contributed by atoms with Crippen LogP contribution < -0.4 is 10.1 Å². The minimum Gasteiger partial charge on any atom is -0.496 e. The van der Waals surface area contributed by atoms with Crippen LogP contribution in [0, 0.1) is 13.8 Å². The van der Waals surface area contributed by atoms with Crippen molar-refractivity contribution in [2.45, 2.75) is 20.4 Å². The highest BCUT2D eigenvalue weighted by molar-refractivity contribution is 5.73. The van der Waals surface area contributed by atoms with E-state index < -0.39 is 0 Å². The van der Waals surface area contributed by atoms with Gasteiger partial charge in [-0.3, -0.25) is 4.68 Å². The highest BCUT2D eigenvalue weighted by Gasteiger charge is 2.14. The van der Waals surface area contributed by atoms with Crippen LogP contribution in [-0.4, -0.2) is 23.9 Å². The van der Waals surface area contributed by atoms with Crippen molar-refractivity contribution in [2.24, 2.45) is 7.05 Å². The van der Waals surface area contributed by atoms with E-state index in [1.165, 1.54) is 11.1 Å². The van der Waals surface area contributed by atoms with Gasteiger partial charge < -0.3 is 10.1 Å². The lowest BCUT2D eigenvalue weighted by Crippen LogP contribution is -2.07. The smallest absolute Gasteiger partial charge is 0.127 e. The maximum atomic E-state index is 5.52. The molecule has 0 unspecified atom stereocenters. The zero-order chi connectivity index (χ0) is 14.0. The van der Waals surface area contributed by atoms with Crippen LogP contribution in [-0.2, 0) is 13.6 Å². The van der Waals surface area contributed by atoms with Crippen LogP contribution in [0.3, 0.4) is 0 Å². The number of nitrogens with one attached hydrogen (secondary N) is 1. The molecule has 0 saturated carbocycles. The summed E-state index contributed by atoms with van der Waals surface area (Å²) in [6.07, 6.45) is 2.04. The first-order chi connectivity index (χ1) is 9.06. The highest BCUT2D eigenvalue weighted by Crippen LogP contribution is 2.34. The van der Waals surface area contributed by atoms with Gasteiger partial charge in [0.25, 0.3) is 0 Å². The Morgan fingerprint density at radius 3 is 2.53 bits per heavy atom. The summed E-state index contributed by atoms with van der Waals surface area (Å²) in [5, 5.41) is 7.66. The van der Waals surface area contributed by atoms with Crippen molar-refractivity contribution in [3.8, 4) is 16.9 Å². The van der Waals surface area contributed by atoms with Crippen molar-refractivity contribution in [1.82, 2.24) is 15.1 Å². The molecule has 0 radical (unpaired) electrons. The molecule has 0 bridgehead atoms. The molecule has 0 aliphatic heterocycles. The lowest BCUT2D eigenvalue weighted by molar-refractivity contribution is 0.416. The van der Waals surface area contributed by atoms with Gasteiger partial charge in [-0.15, -0.1) is 0 Å². The van der Waals surface area contributed by atoms with Gasteiger partial charge in [-0.1, -0.05) is 0 Å². The van der Waals surface area contributed by atoms with E-state index in [4.69, 9.17) is 4.74 Å². The predicted octanol–water partition coefficient (Wildman–Crippen LogP) is 2.43. The molecule has 0 saturated heterocycles. The van der Waals surface area contributed by atoms with Gasteiger partial charge in [0.05, 0.1) is 12.8 Å². The fourth-order valence-electron chi connectivity index (χ4n) is 2.23. The zero-order valence-corrected chi connectivity index (χ0v) is 12.2. The maximum absolute atomic E-state index is 5.52. The van der Waals surface area contributed by atoms with Crippen LogP contribution >= 0.6 is 0 Å². The van der Waals surface area contributed by atoms with Crippen molar-refractivity contribution in [3.63, 3.8) is 0 Å². The molecular formula is C15H21N3O. The molecule has 2 aromatic rings. The summed E-state index contributed by atoms with van der Waals surface area (Å²) < 4.78 is 7.36. The minimum absolute atomic E-state index is 0.742. The molecule has 1 heterocycles. The largest absolute Gasteiger partial charge is 0.496 e. The summed E-state index contributed by atoms with van der Waals surface area (Å²) in [5.74, 6) is 0.897. The molecule has 102 valence electrons. The quantitative estimate of drug-likeness (QED) is 0.916. The number of aryl methyl sites for hydroxylation is 3. The number of hydrogen-bond donors (Lipinski definition) is 1. The van der Waals surface area contributed by atoms with Gasteiger partial charge in [-0.05, 0) is 44.2 Å². The SMILES string of the molecule is CNCc1nn(C)cc1-c1cc(C)c(C)cc1OC. The third-order valence-corrected chi connectivity index (χ3v) is 3.36. The molecule has 1 aromatic carbocycles. The Hall–Kier alpha value is -1.81. The molecule has 0 amide bonds. The average molecular weight is 259 g/mol. The fraction of sp³-hybridized carbons (Fsp3) is 0.400. The molecule has 0 aliphatic rings. The third-order valence-electron chi connectivity index (χ3n) is 3.36. The van der Waals surface area contributed by atoms with Gasteiger partial charge in [-0.25, -0.2) is 0 Å². The monoisotopic (exact) mass is 259 g/mol. The molecule has 1 N–H and O–H groups in total. The van der Waals surface area contributed by atoms with E-state index in [0.29, 0.717) is 0 Å². The molecule has 19 heavy (non-hydrogen) atoms. The Bertz CT molecular complexity index is 587. The van der Waals surface area contributed by atoms with Gasteiger partial charge in [0, 0.05) is 30.9 Å². The summed E-state index contributed by atoms with van der Waals surface area (Å²) in [6.45, 7) is 4.96. The zero-order valence-electron chi connectivity index (χ0n) is 12.2. The second-order valence-corrected chi connectivity index (χ2v) is 4.83. The fourth-order valence-corrected chi connectivity index (χ4v) is 2.23. The summed E-state index contributed by atoms with van der Waals surface area (Å²) in [5.41, 5.74) is 5.75. The summed E-state index contributed by atoms with van der Waals surface area (Å²) in [6, 6.07) is 4.26. The average Bonchev–Trinajstić information content (AvgIpc) is 2.73. The lowest BCUT2D eigenvalue weighted by atomic mass is 9.99. The Balaban J connectivity index is 2.60. The lowest BCUT2D eigenvalue weighted by Gasteiger charge is -2.12. The van der Waals surface area contributed by atoms with Gasteiger partial charge >= 0.3 is 0 Å². The van der Waals surface area contributed by atoms with E-state index >= 15 is 0 Å². The van der Waals surface area contributed by atoms with Crippen molar-refractivity contribution < 1.29 is 4.74 Å². The van der Waals surface area contributed by atoms with E-state index in [-0.39, 0.29) is 0 Å². The normalized spacial score (nSPS) is 10.8. The van der Waals surface area contributed by atoms with Gasteiger partial charge in [0.2, 0.25) is 0 Å². The molecule has 0 fully saturated rings. The molecule has 0 spiro atoms. The first kappa shape index (κ1) is 13.6. The van der Waals surface area contributed by atoms with Gasteiger partial charge in [0.15, 0.2) is 0 Å². The van der Waals surface area contributed by atoms with Crippen LogP contribution in [0.15, 0.2) is 18.3 Å². The first-order valence-electron chi connectivity index (χ1n) is 6.39. The van der Waals surface area contributed by atoms with E-state index in [2.05, 4.69) is 36.4 Å². The number of rotatable bonds is 4. The second kappa shape index (κ2) is 5.45. The number of nitrogens with zero attached hydrogens (tertiary/aromatic N) is 2. The van der Waals surface area contributed by atoms with E-state index in [1.54, 1.807) is 7.11 Å². The summed E-state index contributed by atoms with van der Waals surface area (Å²) in [4.78, 5) is 0. The molecule has 2 rings (SSSR count). The molecule has 4 heteroatoms. The van der Waals surface area contributed by atoms with Crippen molar-refractivity contribution in [3.05, 3.63) is 35.2 Å². The number of benzene rings is 1. The van der Waals surface area contributed by atoms with Crippen LogP contribution in [0.2, 0.25) is 0 Å². The minimum atomic E-state index is 0.742. The van der Waals surface area contributed by atoms with Gasteiger partial charge in [0.1, 0.15) is 5.75 Å². The Morgan fingerprint density at radius 2 is 1.89 bits per heavy atom. The molecule has 0 aliphatic carbocycles. The van der Waals surface area contributed by atoms with Crippen LogP contribution in [0.4, 0.5) is 0 Å². The van der Waals surface area contributed by atoms with E-state index in [0.717, 1.165) is 29.1 Å². The van der Waals surface area contributed by atoms with E-state index in [9.17, 15) is 0 Å². The van der Waals surface area contributed by atoms with Crippen LogP contribution in [0.5, 0.6) is 5.75 Å². The topological polar surface area (TPSA) is 39.1 Å². The highest BCUT2D eigenvalue weighted by atomic mass is 16.5. The molecule has 1 aromatic heterocycles. The Labute approximate surface area is 114 Å². The molecular weight excluding hydrogens is 238 g/mol. The molecule has 0 atom stereocenters. The van der Waals surface area contributed by atoms with Crippen LogP contribution in [0.25, 0.3) is 11.1 Å². The third kappa shape index (κ3) is 2.63. The number of aromatic nitrogens is 2. The predicted molar refractivity (Wildman–Crippen MR) is 77.4 cm³/mol. The van der Waals surface area contributed by atoms with Crippen molar-refractivity contribution in [2.75, 3.05) is 14.2 Å². The van der Waals surface area contributed by atoms with Gasteiger partial charge in [-0.2, -0.15) is 5.10 Å². The number of hydrogen-bond acceptors (Lipinski definition) is 3. The Kier molecular flexibility index (Phi) is 3.90. The number of ether oxygens (including phenoxy) is 1. The van der Waals surface area contributed by atoms with E-state index in [1.807, 2.05) is 25.0 Å². The maximum Gasteiger partial charge on any atom is 0.127 e. The number of methoxy groups -OCH3 is 1. The second-order valence-electron chi connectivity index (χ2n) is 4.83. The van der Waals surface area contributed by atoms with Crippen molar-refractivity contribution in [1.29, 1.82) is 0 Å². The summed E-state index contributed by atoms with van der Waals surface area (Å²) >= 11 is 0. The molecule has 4 nitrogen and oxygen atoms in total. The van der Waals surface area contributed by atoms with Crippen molar-refractivity contribution >= 4 is 0 Å². The standard InChI is InChI=1S/C15H21N3O/c1-10-6-12(15(19-5)7-11(10)2)13-9-18(4)17-14(13)8-16-3/h6-7,9,16H,8H2,1-5H3. The van der Waals surface area contributed by atoms with Crippen LogP contribution in [0.1, 0.15) is 16.8 Å². The Morgan fingerprint density at radius 1 is 1.21 bits per heavy atom. The summed E-state index contributed by atoms with van der Waals surface area (Å²) in [7, 11) is 5.58. The first-order valence-corrected chi connectivity index (χ1v) is 6.39.